The minimum absolute atomic E-state index is 0.111. The second-order valence-corrected chi connectivity index (χ2v) is 19.9. The van der Waals surface area contributed by atoms with E-state index in [1.807, 2.05) is 36.4 Å². The van der Waals surface area contributed by atoms with Crippen molar-refractivity contribution in [1.82, 2.24) is 10.2 Å². The molecule has 2 atom stereocenters. The van der Waals surface area contributed by atoms with E-state index in [9.17, 15) is 9.59 Å². The highest BCUT2D eigenvalue weighted by Crippen LogP contribution is 2.53. The number of carbonyl (C=O) groups is 2. The highest BCUT2D eigenvalue weighted by atomic mass is 16.5. The Balaban J connectivity index is 0.000000148. The molecule has 5 aliphatic carbocycles. The molecule has 13 rings (SSSR count). The molecule has 326 valence electrons. The predicted octanol–water partition coefficient (Wildman–Crippen LogP) is 9.78. The summed E-state index contributed by atoms with van der Waals surface area (Å²) in [6.45, 7) is 7.06. The van der Waals surface area contributed by atoms with Gasteiger partial charge < -0.3 is 29.5 Å². The monoisotopic (exact) mass is 835 g/mol. The molecule has 4 aromatic rings. The maximum atomic E-state index is 13.1. The molecule has 9 aliphatic rings. The average molecular weight is 835 g/mol. The summed E-state index contributed by atoms with van der Waals surface area (Å²) in [4.78, 5) is 32.9. The lowest BCUT2D eigenvalue weighted by molar-refractivity contribution is -0.0119. The normalized spacial score (nSPS) is 29.6. The first-order chi connectivity index (χ1) is 30.5. The van der Waals surface area contributed by atoms with E-state index >= 15 is 0 Å². The fraction of sp³-hybridized carbons (Fsp3) is 0.519. The first-order valence-electron chi connectivity index (χ1n) is 24.1. The van der Waals surface area contributed by atoms with Crippen LogP contribution in [0.1, 0.15) is 102 Å². The predicted molar refractivity (Wildman–Crippen MR) is 246 cm³/mol. The van der Waals surface area contributed by atoms with E-state index in [0.29, 0.717) is 42.9 Å². The molecule has 4 aromatic carbocycles. The molecule has 8 heteroatoms. The first-order valence-corrected chi connectivity index (χ1v) is 24.1. The van der Waals surface area contributed by atoms with Crippen LogP contribution in [0.2, 0.25) is 0 Å². The van der Waals surface area contributed by atoms with E-state index in [4.69, 9.17) is 9.47 Å². The van der Waals surface area contributed by atoms with Crippen molar-refractivity contribution in [2.75, 3.05) is 49.1 Å². The summed E-state index contributed by atoms with van der Waals surface area (Å²) in [6, 6.07) is 37.6. The van der Waals surface area contributed by atoms with E-state index in [0.717, 1.165) is 75.1 Å². The lowest BCUT2D eigenvalue weighted by Crippen LogP contribution is -2.55. The number of nitrogens with zero attached hydrogens (tertiary/aromatic N) is 3. The highest BCUT2D eigenvalue weighted by molar-refractivity contribution is 5.95. The molecule has 5 saturated carbocycles. The van der Waals surface area contributed by atoms with Crippen molar-refractivity contribution in [2.45, 2.75) is 102 Å². The number of hydrogen-bond donors (Lipinski definition) is 1. The highest BCUT2D eigenvalue weighted by Gasteiger charge is 2.48. The van der Waals surface area contributed by atoms with Gasteiger partial charge in [0.2, 0.25) is 0 Å². The van der Waals surface area contributed by atoms with Crippen molar-refractivity contribution < 1.29 is 19.1 Å². The van der Waals surface area contributed by atoms with Crippen molar-refractivity contribution in [1.29, 1.82) is 0 Å². The third kappa shape index (κ3) is 9.77. The van der Waals surface area contributed by atoms with Crippen LogP contribution in [-0.4, -0.2) is 74.2 Å². The van der Waals surface area contributed by atoms with Crippen molar-refractivity contribution in [3.8, 4) is 0 Å². The van der Waals surface area contributed by atoms with Gasteiger partial charge in [-0.05, 0) is 166 Å². The van der Waals surface area contributed by atoms with Gasteiger partial charge in [0.15, 0.2) is 0 Å². The summed E-state index contributed by atoms with van der Waals surface area (Å²) in [6.07, 6.45) is 14.6. The molecule has 6 bridgehead atoms. The fourth-order valence-electron chi connectivity index (χ4n) is 12.5. The molecule has 4 heterocycles. The lowest BCUT2D eigenvalue weighted by Gasteiger charge is -2.54. The number of nitrogens with one attached hydrogen (secondary N) is 1. The first kappa shape index (κ1) is 41.4. The Morgan fingerprint density at radius 2 is 0.952 bits per heavy atom. The fourth-order valence-corrected chi connectivity index (χ4v) is 12.5. The maximum absolute atomic E-state index is 13.1. The SMILES string of the molecule is O=C(NC1C2CC3CC(C2)CC1C3)c1ccc(N2CCC(OCc3ccccc3)C2)cc1.O=C(c1ccc(N2CCC(OCc3ccccc3)C2)cc1)N1CC2CCC(CC2)C1. The van der Waals surface area contributed by atoms with Gasteiger partial charge >= 0.3 is 0 Å². The van der Waals surface area contributed by atoms with E-state index in [2.05, 4.69) is 92.8 Å². The number of anilines is 2. The molecule has 9 fully saturated rings. The number of fused-ring (bicyclic) bond motifs is 4. The summed E-state index contributed by atoms with van der Waals surface area (Å²) >= 11 is 0. The van der Waals surface area contributed by atoms with Crippen molar-refractivity contribution >= 4 is 23.2 Å². The molecule has 2 unspecified atom stereocenters. The Kier molecular flexibility index (Phi) is 12.7. The second kappa shape index (κ2) is 19.0. The third-order valence-electron chi connectivity index (χ3n) is 15.7. The Hall–Kier alpha value is -4.66. The molecule has 2 amide bonds. The summed E-state index contributed by atoms with van der Waals surface area (Å²) in [5.41, 5.74) is 6.44. The standard InChI is InChI=1S/C28H34N2O2.C26H32N2O2/c31-28(29-27-23-13-20-12-21(15-23)16-24(27)14-20)22-6-8-25(9-7-22)30-11-10-26(17-30)32-18-19-4-2-1-3-5-19;29-26(28-16-20-6-7-21(17-28)9-8-20)23-10-12-24(13-11-23)27-15-14-25(18-27)30-19-22-4-2-1-3-5-22/h1-9,20-21,23-24,26-27H,10-18H2,(H,29,31);1-5,10-13,20-21,25H,6-9,14-19H2. The van der Waals surface area contributed by atoms with Gasteiger partial charge in [0, 0.05) is 67.8 Å². The maximum Gasteiger partial charge on any atom is 0.253 e. The van der Waals surface area contributed by atoms with E-state index in [1.165, 1.54) is 80.3 Å². The van der Waals surface area contributed by atoms with Gasteiger partial charge in [0.05, 0.1) is 25.4 Å². The van der Waals surface area contributed by atoms with Gasteiger partial charge in [0.1, 0.15) is 0 Å². The van der Waals surface area contributed by atoms with Crippen LogP contribution in [0.5, 0.6) is 0 Å². The van der Waals surface area contributed by atoms with Gasteiger partial charge in [-0.25, -0.2) is 0 Å². The zero-order valence-electron chi connectivity index (χ0n) is 36.5. The minimum Gasteiger partial charge on any atom is -0.372 e. The number of hydrogen-bond acceptors (Lipinski definition) is 6. The molecule has 4 aliphatic heterocycles. The van der Waals surface area contributed by atoms with Crippen LogP contribution in [-0.2, 0) is 22.7 Å². The number of rotatable bonds is 11. The number of carbonyl (C=O) groups excluding carboxylic acids is 2. The van der Waals surface area contributed by atoms with Gasteiger partial charge in [-0.15, -0.1) is 0 Å². The van der Waals surface area contributed by atoms with E-state index < -0.39 is 0 Å². The quantitative estimate of drug-likeness (QED) is 0.162. The summed E-state index contributed by atoms with van der Waals surface area (Å²) < 4.78 is 12.2. The molecule has 1 N–H and O–H groups in total. The zero-order valence-corrected chi connectivity index (χ0v) is 36.5. The van der Waals surface area contributed by atoms with E-state index in [-0.39, 0.29) is 24.0 Å². The van der Waals surface area contributed by atoms with Crippen molar-refractivity contribution in [2.24, 2.45) is 35.5 Å². The van der Waals surface area contributed by atoms with Crippen LogP contribution in [0.4, 0.5) is 11.4 Å². The van der Waals surface area contributed by atoms with Crippen LogP contribution in [0, 0.1) is 35.5 Å². The topological polar surface area (TPSA) is 74.4 Å². The summed E-state index contributed by atoms with van der Waals surface area (Å²) in [5.74, 6) is 5.05. The van der Waals surface area contributed by atoms with Gasteiger partial charge in [0.25, 0.3) is 11.8 Å². The van der Waals surface area contributed by atoms with Gasteiger partial charge in [-0.2, -0.15) is 0 Å². The number of amides is 2. The molecule has 0 spiro atoms. The zero-order chi connectivity index (χ0) is 41.8. The summed E-state index contributed by atoms with van der Waals surface area (Å²) in [5, 5.41) is 3.43. The molecule has 0 radical (unpaired) electrons. The Morgan fingerprint density at radius 1 is 0.500 bits per heavy atom. The molecule has 62 heavy (non-hydrogen) atoms. The van der Waals surface area contributed by atoms with Crippen LogP contribution in [0.3, 0.4) is 0 Å². The van der Waals surface area contributed by atoms with Gasteiger partial charge in [-0.3, -0.25) is 9.59 Å². The van der Waals surface area contributed by atoms with Crippen molar-refractivity contribution in [3.05, 3.63) is 131 Å². The molecule has 0 aromatic heterocycles. The minimum atomic E-state index is 0.111. The molecule has 4 saturated heterocycles. The van der Waals surface area contributed by atoms with Crippen molar-refractivity contribution in [3.63, 3.8) is 0 Å². The Labute approximate surface area is 369 Å². The van der Waals surface area contributed by atoms with Crippen LogP contribution >= 0.6 is 0 Å². The van der Waals surface area contributed by atoms with Gasteiger partial charge in [-0.1, -0.05) is 60.7 Å². The van der Waals surface area contributed by atoms with Crippen LogP contribution in [0.15, 0.2) is 109 Å². The summed E-state index contributed by atoms with van der Waals surface area (Å²) in [7, 11) is 0. The lowest BCUT2D eigenvalue weighted by atomic mass is 9.54. The Bertz CT molecular complexity index is 2040. The average Bonchev–Trinajstić information content (AvgIpc) is 3.90. The Morgan fingerprint density at radius 3 is 1.42 bits per heavy atom. The largest absolute Gasteiger partial charge is 0.372 e. The molecular formula is C54H66N4O4. The molecule has 8 nitrogen and oxygen atoms in total. The molecular weight excluding hydrogens is 769 g/mol. The number of benzene rings is 4. The third-order valence-corrected chi connectivity index (χ3v) is 15.7. The van der Waals surface area contributed by atoms with Crippen LogP contribution in [0.25, 0.3) is 0 Å². The van der Waals surface area contributed by atoms with E-state index in [1.54, 1.807) is 0 Å². The van der Waals surface area contributed by atoms with Crippen LogP contribution < -0.4 is 15.1 Å². The second-order valence-electron chi connectivity index (χ2n) is 19.9. The smallest absolute Gasteiger partial charge is 0.253 e. The number of ether oxygens (including phenoxy) is 2.